The summed E-state index contributed by atoms with van der Waals surface area (Å²) in [6.07, 6.45) is -8.43. The lowest BCUT2D eigenvalue weighted by atomic mass is 10.00. The molecule has 0 spiro atoms. The predicted molar refractivity (Wildman–Crippen MR) is 44.7 cm³/mol. The van der Waals surface area contributed by atoms with E-state index in [4.69, 9.17) is 10.00 Å². The highest BCUT2D eigenvalue weighted by atomic mass is 31.2. The quantitative estimate of drug-likeness (QED) is 0.321. The molecule has 10 heteroatoms. The Balaban J connectivity index is 2.75. The van der Waals surface area contributed by atoms with Crippen molar-refractivity contribution in [1.29, 1.82) is 0 Å². The molecule has 96 valence electrons. The maximum Gasteiger partial charge on any atom is 0.267 e. The van der Waals surface area contributed by atoms with E-state index in [2.05, 4.69) is 9.26 Å². The number of hydrogen-bond acceptors (Lipinski definition) is 8. The van der Waals surface area contributed by atoms with Gasteiger partial charge in [0.05, 0.1) is 6.61 Å². The van der Waals surface area contributed by atoms with Crippen molar-refractivity contribution in [2.75, 3.05) is 6.61 Å². The molecule has 0 aromatic heterocycles. The molecule has 0 aliphatic carbocycles. The minimum absolute atomic E-state index is 0.723. The highest BCUT2D eigenvalue weighted by molar-refractivity contribution is 7.44. The van der Waals surface area contributed by atoms with Crippen LogP contribution in [0.3, 0.4) is 0 Å². The van der Waals surface area contributed by atoms with Crippen LogP contribution in [0.2, 0.25) is 0 Å². The van der Waals surface area contributed by atoms with Gasteiger partial charge < -0.3 is 34.9 Å². The van der Waals surface area contributed by atoms with E-state index in [-0.39, 0.29) is 0 Å². The normalized spacial score (nSPS) is 44.0. The fourth-order valence-electron chi connectivity index (χ4n) is 1.29. The van der Waals surface area contributed by atoms with Crippen molar-refractivity contribution in [3.05, 3.63) is 0 Å². The van der Waals surface area contributed by atoms with Crippen LogP contribution in [-0.4, -0.2) is 62.6 Å². The number of aliphatic hydroxyl groups excluding tert-OH is 4. The standard InChI is InChI=1S/C6H13O9P/c7-1-2-3(8)4(9)5(10)6(14-2)15-16(11,12)13/h2-10H,1H2,(H2,11,12,13)/p-1/t2?,3-,4+,5?,6-/m1/s1. The summed E-state index contributed by atoms with van der Waals surface area (Å²) in [6.45, 7) is -0.723. The maximum absolute atomic E-state index is 10.4. The van der Waals surface area contributed by atoms with E-state index in [0.29, 0.717) is 0 Å². The third kappa shape index (κ3) is 3.20. The summed E-state index contributed by atoms with van der Waals surface area (Å²) < 4.78 is 19.0. The molecule has 1 heterocycles. The molecule has 0 aromatic carbocycles. The smallest absolute Gasteiger partial charge is 0.267 e. The van der Waals surface area contributed by atoms with Crippen LogP contribution in [0.4, 0.5) is 0 Å². The Bertz CT molecular complexity index is 275. The summed E-state index contributed by atoms with van der Waals surface area (Å²) in [6, 6.07) is 0. The van der Waals surface area contributed by atoms with Crippen molar-refractivity contribution in [3.8, 4) is 0 Å². The van der Waals surface area contributed by atoms with Crippen LogP contribution in [0.15, 0.2) is 0 Å². The molecule has 9 nitrogen and oxygen atoms in total. The molecule has 1 fully saturated rings. The summed E-state index contributed by atoms with van der Waals surface area (Å²) in [5.74, 6) is 0. The van der Waals surface area contributed by atoms with E-state index in [1.807, 2.05) is 0 Å². The number of ether oxygens (including phenoxy) is 1. The number of rotatable bonds is 3. The van der Waals surface area contributed by atoms with E-state index in [1.165, 1.54) is 0 Å². The van der Waals surface area contributed by atoms with Crippen LogP contribution >= 0.6 is 7.82 Å². The molecule has 3 unspecified atom stereocenters. The third-order valence-corrected chi connectivity index (χ3v) is 2.56. The van der Waals surface area contributed by atoms with Crippen LogP contribution in [0.1, 0.15) is 0 Å². The van der Waals surface area contributed by atoms with E-state index in [9.17, 15) is 24.8 Å². The van der Waals surface area contributed by atoms with Gasteiger partial charge in [-0.25, -0.2) is 0 Å². The lowest BCUT2D eigenvalue weighted by Crippen LogP contribution is -2.59. The second kappa shape index (κ2) is 5.05. The Morgan fingerprint density at radius 1 is 1.25 bits per heavy atom. The molecular weight excluding hydrogens is 247 g/mol. The van der Waals surface area contributed by atoms with Gasteiger partial charge in [-0.15, -0.1) is 0 Å². The van der Waals surface area contributed by atoms with E-state index >= 15 is 0 Å². The van der Waals surface area contributed by atoms with E-state index < -0.39 is 45.1 Å². The second-order valence-corrected chi connectivity index (χ2v) is 4.42. The fraction of sp³-hybridized carbons (Fsp3) is 1.00. The van der Waals surface area contributed by atoms with Crippen molar-refractivity contribution in [2.45, 2.75) is 30.7 Å². The van der Waals surface area contributed by atoms with Crippen molar-refractivity contribution in [2.24, 2.45) is 0 Å². The molecule has 5 N–H and O–H groups in total. The number of hydrogen-bond donors (Lipinski definition) is 5. The third-order valence-electron chi connectivity index (χ3n) is 2.09. The summed E-state index contributed by atoms with van der Waals surface area (Å²) in [7, 11) is -5.16. The number of aliphatic hydroxyl groups is 4. The van der Waals surface area contributed by atoms with Gasteiger partial charge in [0.2, 0.25) is 0 Å². The van der Waals surface area contributed by atoms with Crippen molar-refractivity contribution in [1.82, 2.24) is 0 Å². The zero-order valence-electron chi connectivity index (χ0n) is 7.91. The Kier molecular flexibility index (Phi) is 4.41. The van der Waals surface area contributed by atoms with Gasteiger partial charge in [0.15, 0.2) is 6.29 Å². The average Bonchev–Trinajstić information content (AvgIpc) is 2.17. The average molecular weight is 259 g/mol. The summed E-state index contributed by atoms with van der Waals surface area (Å²) in [4.78, 5) is 18.8. The Labute approximate surface area is 90.1 Å². The lowest BCUT2D eigenvalue weighted by molar-refractivity contribution is -0.302. The van der Waals surface area contributed by atoms with Gasteiger partial charge >= 0.3 is 0 Å². The minimum Gasteiger partial charge on any atom is -0.756 e. The number of phosphoric acid groups is 1. The van der Waals surface area contributed by atoms with Gasteiger partial charge in [0, 0.05) is 0 Å². The molecule has 0 bridgehead atoms. The fourth-order valence-corrected chi connectivity index (χ4v) is 1.72. The van der Waals surface area contributed by atoms with Crippen molar-refractivity contribution in [3.63, 3.8) is 0 Å². The molecule has 6 atom stereocenters. The molecule has 1 rings (SSSR count). The van der Waals surface area contributed by atoms with Gasteiger partial charge in [-0.2, -0.15) is 0 Å². The number of phosphoric ester groups is 1. The first kappa shape index (κ1) is 14.0. The van der Waals surface area contributed by atoms with Gasteiger partial charge in [-0.3, -0.25) is 9.09 Å². The van der Waals surface area contributed by atoms with Crippen LogP contribution in [0, 0.1) is 0 Å². The first-order valence-electron chi connectivity index (χ1n) is 4.29. The Hall–Kier alpha value is -0.0900. The predicted octanol–water partition coefficient (Wildman–Crippen LogP) is -3.74. The van der Waals surface area contributed by atoms with Gasteiger partial charge in [-0.05, 0) is 0 Å². The van der Waals surface area contributed by atoms with Crippen molar-refractivity contribution < 1.29 is 44.0 Å². The van der Waals surface area contributed by atoms with Gasteiger partial charge in [0.1, 0.15) is 24.4 Å². The first-order chi connectivity index (χ1) is 7.26. The molecule has 0 aromatic rings. The van der Waals surface area contributed by atoms with Crippen LogP contribution in [0.5, 0.6) is 0 Å². The highest BCUT2D eigenvalue weighted by Gasteiger charge is 2.45. The van der Waals surface area contributed by atoms with Gasteiger partial charge in [0.25, 0.3) is 7.82 Å². The largest absolute Gasteiger partial charge is 0.756 e. The van der Waals surface area contributed by atoms with E-state index in [1.54, 1.807) is 0 Å². The maximum atomic E-state index is 10.4. The summed E-state index contributed by atoms with van der Waals surface area (Å²) in [5, 5.41) is 36.5. The molecule has 1 saturated heterocycles. The van der Waals surface area contributed by atoms with Crippen molar-refractivity contribution >= 4 is 7.82 Å². The van der Waals surface area contributed by atoms with Crippen LogP contribution in [0.25, 0.3) is 0 Å². The molecule has 0 saturated carbocycles. The molecule has 0 radical (unpaired) electrons. The molecule has 0 amide bonds. The topological polar surface area (TPSA) is 160 Å². The molecular formula is C6H12O9P-. The Morgan fingerprint density at radius 3 is 2.25 bits per heavy atom. The SMILES string of the molecule is O=P([O-])(O)O[C@H]1OC(CO)[C@@H](O)[C@H](O)C1O. The molecule has 1 aliphatic rings. The molecule has 16 heavy (non-hydrogen) atoms. The van der Waals surface area contributed by atoms with Gasteiger partial charge in [-0.1, -0.05) is 0 Å². The monoisotopic (exact) mass is 259 g/mol. The zero-order chi connectivity index (χ0) is 12.5. The minimum atomic E-state index is -5.16. The zero-order valence-corrected chi connectivity index (χ0v) is 8.80. The van der Waals surface area contributed by atoms with Crippen LogP contribution < -0.4 is 4.89 Å². The Morgan fingerprint density at radius 2 is 1.81 bits per heavy atom. The van der Waals surface area contributed by atoms with E-state index in [0.717, 1.165) is 0 Å². The van der Waals surface area contributed by atoms with Crippen LogP contribution in [-0.2, 0) is 13.8 Å². The second-order valence-electron chi connectivity index (χ2n) is 3.27. The summed E-state index contributed by atoms with van der Waals surface area (Å²) >= 11 is 0. The first-order valence-corrected chi connectivity index (χ1v) is 5.78. The summed E-state index contributed by atoms with van der Waals surface area (Å²) in [5.41, 5.74) is 0. The lowest BCUT2D eigenvalue weighted by Gasteiger charge is -2.40. The molecule has 1 aliphatic heterocycles. The highest BCUT2D eigenvalue weighted by Crippen LogP contribution is 2.36.